The first-order valence-electron chi connectivity index (χ1n) is 8.10. The number of primary sulfonamides is 1. The number of benzene rings is 2. The van der Waals surface area contributed by atoms with Crippen LogP contribution < -0.4 is 16.2 Å². The minimum absolute atomic E-state index is 0.110. The van der Waals surface area contributed by atoms with Crippen LogP contribution in [0.2, 0.25) is 0 Å². The van der Waals surface area contributed by atoms with Crippen molar-refractivity contribution in [1.82, 2.24) is 5.32 Å². The number of nitrogens with one attached hydrogen (secondary N) is 1. The molecule has 2 aromatic rings. The number of unbranched alkanes of at least 4 members (excludes halogenated alkanes) is 1. The highest BCUT2D eigenvalue weighted by atomic mass is 32.2. The molecule has 5 N–H and O–H groups in total. The third-order valence-corrected chi connectivity index (χ3v) is 4.85. The number of anilines is 1. The van der Waals surface area contributed by atoms with Gasteiger partial charge >= 0.3 is 0 Å². The van der Waals surface area contributed by atoms with Crippen LogP contribution in [0, 0.1) is 0 Å². The zero-order valence-electron chi connectivity index (χ0n) is 14.0. The van der Waals surface area contributed by atoms with E-state index in [0.717, 1.165) is 30.5 Å². The Morgan fingerprint density at radius 2 is 1.79 bits per heavy atom. The first-order chi connectivity index (χ1) is 11.4. The number of hydrogen-bond donors (Lipinski definition) is 3. The summed E-state index contributed by atoms with van der Waals surface area (Å²) in [6, 6.07) is 13.1. The van der Waals surface area contributed by atoms with Gasteiger partial charge in [-0.2, -0.15) is 0 Å². The number of rotatable bonds is 8. The van der Waals surface area contributed by atoms with E-state index >= 15 is 0 Å². The average Bonchev–Trinajstić information content (AvgIpc) is 2.54. The maximum Gasteiger partial charge on any atom is 0.238 e. The Balaban J connectivity index is 2.33. The molecule has 0 aliphatic rings. The van der Waals surface area contributed by atoms with Gasteiger partial charge in [-0.3, -0.25) is 0 Å². The molecular weight excluding hydrogens is 322 g/mol. The Morgan fingerprint density at radius 3 is 2.42 bits per heavy atom. The largest absolute Gasteiger partial charge is 0.398 e. The predicted molar refractivity (Wildman–Crippen MR) is 98.1 cm³/mol. The van der Waals surface area contributed by atoms with Crippen LogP contribution in [0.25, 0.3) is 0 Å². The molecule has 0 saturated carbocycles. The first kappa shape index (κ1) is 18.4. The van der Waals surface area contributed by atoms with Crippen molar-refractivity contribution in [2.75, 3.05) is 12.3 Å². The monoisotopic (exact) mass is 347 g/mol. The summed E-state index contributed by atoms with van der Waals surface area (Å²) in [5.74, 6) is 0. The summed E-state index contributed by atoms with van der Waals surface area (Å²) in [7, 11) is -3.84. The Morgan fingerprint density at radius 1 is 1.08 bits per heavy atom. The molecule has 0 amide bonds. The molecule has 0 fully saturated rings. The molecule has 0 spiro atoms. The SMILES string of the molecule is CCCCNCc1cc(N)c(Cc2ccccc2)c(S(N)(=O)=O)c1. The first-order valence-corrected chi connectivity index (χ1v) is 9.65. The molecule has 5 nitrogen and oxygen atoms in total. The molecule has 0 aromatic heterocycles. The molecule has 0 radical (unpaired) electrons. The van der Waals surface area contributed by atoms with E-state index in [1.165, 1.54) is 0 Å². The van der Waals surface area contributed by atoms with Crippen LogP contribution in [0.15, 0.2) is 47.4 Å². The highest BCUT2D eigenvalue weighted by Crippen LogP contribution is 2.26. The Hall–Kier alpha value is -1.89. The fourth-order valence-corrected chi connectivity index (χ4v) is 3.45. The molecule has 24 heavy (non-hydrogen) atoms. The molecule has 130 valence electrons. The van der Waals surface area contributed by atoms with Crippen molar-refractivity contribution >= 4 is 15.7 Å². The summed E-state index contributed by atoms with van der Waals surface area (Å²) < 4.78 is 24.1. The van der Waals surface area contributed by atoms with Crippen molar-refractivity contribution in [2.45, 2.75) is 37.6 Å². The molecule has 0 unspecified atom stereocenters. The number of nitrogens with two attached hydrogens (primary N) is 2. The molecule has 0 atom stereocenters. The summed E-state index contributed by atoms with van der Waals surface area (Å²) in [6.07, 6.45) is 2.61. The number of sulfonamides is 1. The Kier molecular flexibility index (Phi) is 6.36. The van der Waals surface area contributed by atoms with E-state index in [0.29, 0.717) is 24.2 Å². The van der Waals surface area contributed by atoms with Gasteiger partial charge in [0, 0.05) is 18.7 Å². The van der Waals surface area contributed by atoms with Gasteiger partial charge in [-0.05, 0) is 41.8 Å². The van der Waals surface area contributed by atoms with Crippen molar-refractivity contribution in [3.63, 3.8) is 0 Å². The van der Waals surface area contributed by atoms with Gasteiger partial charge in [0.1, 0.15) is 0 Å². The van der Waals surface area contributed by atoms with E-state index < -0.39 is 10.0 Å². The minimum atomic E-state index is -3.84. The van der Waals surface area contributed by atoms with E-state index in [9.17, 15) is 8.42 Å². The van der Waals surface area contributed by atoms with Crippen LogP contribution in [0.1, 0.15) is 36.5 Å². The summed E-state index contributed by atoms with van der Waals surface area (Å²) in [4.78, 5) is 0.110. The molecule has 0 heterocycles. The van der Waals surface area contributed by atoms with E-state index in [4.69, 9.17) is 10.9 Å². The highest BCUT2D eigenvalue weighted by molar-refractivity contribution is 7.89. The maximum atomic E-state index is 12.0. The zero-order chi connectivity index (χ0) is 17.6. The van der Waals surface area contributed by atoms with Crippen molar-refractivity contribution in [3.8, 4) is 0 Å². The van der Waals surface area contributed by atoms with E-state index in [-0.39, 0.29) is 4.90 Å². The maximum absolute atomic E-state index is 12.0. The number of hydrogen-bond acceptors (Lipinski definition) is 4. The highest BCUT2D eigenvalue weighted by Gasteiger charge is 2.18. The lowest BCUT2D eigenvalue weighted by Crippen LogP contribution is -2.19. The van der Waals surface area contributed by atoms with Gasteiger partial charge in [0.15, 0.2) is 0 Å². The predicted octanol–water partition coefficient (Wildman–Crippen LogP) is 2.40. The van der Waals surface area contributed by atoms with E-state index in [1.807, 2.05) is 36.4 Å². The normalized spacial score (nSPS) is 11.6. The van der Waals surface area contributed by atoms with Crippen LogP contribution >= 0.6 is 0 Å². The van der Waals surface area contributed by atoms with Gasteiger partial charge in [0.2, 0.25) is 10.0 Å². The zero-order valence-corrected chi connectivity index (χ0v) is 14.8. The second-order valence-corrected chi connectivity index (χ2v) is 7.43. The van der Waals surface area contributed by atoms with Crippen LogP contribution in [-0.2, 0) is 23.0 Å². The van der Waals surface area contributed by atoms with Gasteiger partial charge in [0.25, 0.3) is 0 Å². The molecule has 2 rings (SSSR count). The van der Waals surface area contributed by atoms with Crippen LogP contribution in [0.5, 0.6) is 0 Å². The lowest BCUT2D eigenvalue weighted by atomic mass is 10.0. The van der Waals surface area contributed by atoms with Gasteiger partial charge < -0.3 is 11.1 Å². The molecule has 0 aliphatic heterocycles. The van der Waals surface area contributed by atoms with Crippen LogP contribution in [0.3, 0.4) is 0 Å². The van der Waals surface area contributed by atoms with Crippen molar-refractivity contribution in [1.29, 1.82) is 0 Å². The van der Waals surface area contributed by atoms with E-state index in [1.54, 1.807) is 6.07 Å². The Labute approximate surface area is 144 Å². The second-order valence-electron chi connectivity index (χ2n) is 5.90. The Bertz CT molecular complexity index is 774. The van der Waals surface area contributed by atoms with Gasteiger partial charge in [0.05, 0.1) is 4.90 Å². The van der Waals surface area contributed by atoms with Gasteiger partial charge in [-0.15, -0.1) is 0 Å². The fourth-order valence-electron chi connectivity index (χ4n) is 2.61. The van der Waals surface area contributed by atoms with Gasteiger partial charge in [-0.1, -0.05) is 43.7 Å². The van der Waals surface area contributed by atoms with Crippen LogP contribution in [0.4, 0.5) is 5.69 Å². The lowest BCUT2D eigenvalue weighted by Gasteiger charge is -2.14. The standard InChI is InChI=1S/C18H25N3O2S/c1-2-3-9-21-13-15-11-17(19)16(18(12-15)24(20,22)23)10-14-7-5-4-6-8-14/h4-8,11-12,21H,2-3,9-10,13,19H2,1H3,(H2,20,22,23). The smallest absolute Gasteiger partial charge is 0.238 e. The summed E-state index contributed by atoms with van der Waals surface area (Å²) >= 11 is 0. The molecule has 0 aliphatic carbocycles. The van der Waals surface area contributed by atoms with Crippen LogP contribution in [-0.4, -0.2) is 15.0 Å². The third kappa shape index (κ3) is 5.06. The summed E-state index contributed by atoms with van der Waals surface area (Å²) in [5.41, 5.74) is 8.97. The molecule has 0 saturated heterocycles. The third-order valence-electron chi connectivity index (χ3n) is 3.87. The average molecular weight is 347 g/mol. The van der Waals surface area contributed by atoms with Gasteiger partial charge in [-0.25, -0.2) is 13.6 Å². The summed E-state index contributed by atoms with van der Waals surface area (Å²) in [6.45, 7) is 3.57. The topological polar surface area (TPSA) is 98.2 Å². The lowest BCUT2D eigenvalue weighted by molar-refractivity contribution is 0.596. The quantitative estimate of drug-likeness (QED) is 0.504. The number of nitrogen functional groups attached to an aromatic ring is 1. The van der Waals surface area contributed by atoms with Crippen molar-refractivity contribution < 1.29 is 8.42 Å². The molecule has 2 aromatic carbocycles. The minimum Gasteiger partial charge on any atom is -0.398 e. The van der Waals surface area contributed by atoms with Crippen molar-refractivity contribution in [2.24, 2.45) is 5.14 Å². The second kappa shape index (κ2) is 8.28. The summed E-state index contributed by atoms with van der Waals surface area (Å²) in [5, 5.41) is 8.71. The fraction of sp³-hybridized carbons (Fsp3) is 0.333. The van der Waals surface area contributed by atoms with E-state index in [2.05, 4.69) is 12.2 Å². The van der Waals surface area contributed by atoms with Crippen molar-refractivity contribution in [3.05, 3.63) is 59.2 Å². The molecular formula is C18H25N3O2S. The molecule has 0 bridgehead atoms. The molecule has 6 heteroatoms.